The first-order valence-electron chi connectivity index (χ1n) is 6.29. The van der Waals surface area contributed by atoms with Crippen LogP contribution in [0.15, 0.2) is 18.2 Å². The summed E-state index contributed by atoms with van der Waals surface area (Å²) in [5.74, 6) is -0.242. The number of nitrogens with one attached hydrogen (secondary N) is 1. The average molecular weight is 251 g/mol. The molecule has 0 saturated carbocycles. The van der Waals surface area contributed by atoms with Crippen LogP contribution >= 0.6 is 0 Å². The summed E-state index contributed by atoms with van der Waals surface area (Å²) in [6, 6.07) is 4.61. The summed E-state index contributed by atoms with van der Waals surface area (Å²) in [6.45, 7) is 6.73. The van der Waals surface area contributed by atoms with Crippen molar-refractivity contribution >= 4 is 5.97 Å². The number of hydrogen-bond acceptors (Lipinski definition) is 4. The lowest BCUT2D eigenvalue weighted by Gasteiger charge is -2.18. The minimum atomic E-state index is -0.607. The summed E-state index contributed by atoms with van der Waals surface area (Å²) in [6.07, 6.45) is 0.905. The maximum Gasteiger partial charge on any atom is 0.327 e. The van der Waals surface area contributed by atoms with Gasteiger partial charge in [0.15, 0.2) is 0 Å². The van der Waals surface area contributed by atoms with Crippen molar-refractivity contribution in [2.75, 3.05) is 13.2 Å². The number of rotatable bonds is 6. The van der Waals surface area contributed by atoms with E-state index in [2.05, 4.69) is 5.32 Å². The molecule has 0 spiro atoms. The fourth-order valence-corrected chi connectivity index (χ4v) is 1.74. The van der Waals surface area contributed by atoms with Crippen molar-refractivity contribution in [3.05, 3.63) is 29.3 Å². The Hall–Kier alpha value is -1.55. The number of carbonyl (C=O) groups excluding carboxylic acids is 1. The van der Waals surface area contributed by atoms with Gasteiger partial charge in [0.1, 0.15) is 11.8 Å². The number of ether oxygens (including phenoxy) is 1. The Morgan fingerprint density at radius 1 is 1.44 bits per heavy atom. The second-order valence-electron chi connectivity index (χ2n) is 4.20. The molecule has 4 heteroatoms. The van der Waals surface area contributed by atoms with Crippen molar-refractivity contribution in [2.24, 2.45) is 0 Å². The Balaban J connectivity index is 3.00. The number of phenols is 1. The van der Waals surface area contributed by atoms with E-state index in [4.69, 9.17) is 4.74 Å². The Morgan fingerprint density at radius 2 is 2.17 bits per heavy atom. The summed E-state index contributed by atoms with van der Waals surface area (Å²) in [5.41, 5.74) is 1.57. The van der Waals surface area contributed by atoms with Gasteiger partial charge in [-0.25, -0.2) is 4.79 Å². The molecule has 0 aromatic heterocycles. The normalized spacial score (nSPS) is 12.2. The summed E-state index contributed by atoms with van der Waals surface area (Å²) in [5, 5.41) is 13.0. The molecule has 0 bridgehead atoms. The smallest absolute Gasteiger partial charge is 0.327 e. The van der Waals surface area contributed by atoms with Crippen LogP contribution in [0.5, 0.6) is 5.75 Å². The maximum absolute atomic E-state index is 11.9. The van der Waals surface area contributed by atoms with Crippen molar-refractivity contribution in [1.82, 2.24) is 5.32 Å². The van der Waals surface area contributed by atoms with E-state index in [1.165, 1.54) is 0 Å². The van der Waals surface area contributed by atoms with Crippen LogP contribution in [0.4, 0.5) is 0 Å². The van der Waals surface area contributed by atoms with E-state index in [0.29, 0.717) is 18.7 Å². The fraction of sp³-hybridized carbons (Fsp3) is 0.500. The topological polar surface area (TPSA) is 58.6 Å². The molecule has 0 radical (unpaired) electrons. The third-order valence-electron chi connectivity index (χ3n) is 2.61. The summed E-state index contributed by atoms with van der Waals surface area (Å²) in [7, 11) is 0. The van der Waals surface area contributed by atoms with Crippen molar-refractivity contribution < 1.29 is 14.6 Å². The molecule has 1 aromatic rings. The van der Waals surface area contributed by atoms with Crippen LogP contribution in [0.25, 0.3) is 0 Å². The first kappa shape index (κ1) is 14.5. The summed E-state index contributed by atoms with van der Waals surface area (Å²) < 4.78 is 5.04. The molecule has 1 atom stereocenters. The molecule has 0 fully saturated rings. The van der Waals surface area contributed by atoms with Gasteiger partial charge in [0.25, 0.3) is 0 Å². The van der Waals surface area contributed by atoms with Crippen LogP contribution < -0.4 is 5.32 Å². The molecule has 2 N–H and O–H groups in total. The zero-order valence-electron chi connectivity index (χ0n) is 11.2. The molecule has 100 valence electrons. The van der Waals surface area contributed by atoms with Crippen LogP contribution in [0.2, 0.25) is 0 Å². The number of carbonyl (C=O) groups is 1. The van der Waals surface area contributed by atoms with Crippen molar-refractivity contribution in [1.29, 1.82) is 0 Å². The highest BCUT2D eigenvalue weighted by molar-refractivity contribution is 5.78. The quantitative estimate of drug-likeness (QED) is 0.762. The van der Waals surface area contributed by atoms with Crippen molar-refractivity contribution in [3.63, 3.8) is 0 Å². The van der Waals surface area contributed by atoms with Gasteiger partial charge in [-0.3, -0.25) is 0 Å². The van der Waals surface area contributed by atoms with Crippen molar-refractivity contribution in [3.8, 4) is 5.75 Å². The predicted molar refractivity (Wildman–Crippen MR) is 70.5 cm³/mol. The molecular weight excluding hydrogens is 230 g/mol. The Labute approximate surface area is 108 Å². The highest BCUT2D eigenvalue weighted by Crippen LogP contribution is 2.26. The first-order valence-corrected chi connectivity index (χ1v) is 6.29. The number of hydrogen-bond donors (Lipinski definition) is 2. The monoisotopic (exact) mass is 251 g/mol. The lowest BCUT2D eigenvalue weighted by atomic mass is 10.0. The lowest BCUT2D eigenvalue weighted by Crippen LogP contribution is -2.31. The van der Waals surface area contributed by atoms with Gasteiger partial charge in [0.2, 0.25) is 0 Å². The molecule has 0 aliphatic rings. The number of aromatic hydroxyl groups is 1. The van der Waals surface area contributed by atoms with Gasteiger partial charge in [0.05, 0.1) is 6.61 Å². The molecule has 1 unspecified atom stereocenters. The van der Waals surface area contributed by atoms with E-state index in [1.54, 1.807) is 25.1 Å². The lowest BCUT2D eigenvalue weighted by molar-refractivity contribution is -0.145. The van der Waals surface area contributed by atoms with Crippen LogP contribution in [-0.4, -0.2) is 24.2 Å². The van der Waals surface area contributed by atoms with E-state index in [1.807, 2.05) is 13.8 Å². The SMILES string of the molecule is CCCNC(C(=O)OCC)c1cc(C)ccc1O. The van der Waals surface area contributed by atoms with Gasteiger partial charge in [-0.05, 0) is 32.9 Å². The van der Waals surface area contributed by atoms with E-state index >= 15 is 0 Å². The third-order valence-corrected chi connectivity index (χ3v) is 2.61. The zero-order valence-corrected chi connectivity index (χ0v) is 11.2. The Kier molecular flexibility index (Phi) is 5.65. The standard InChI is InChI=1S/C14H21NO3/c1-4-8-15-13(14(17)18-5-2)11-9-10(3)6-7-12(11)16/h6-7,9,13,15-16H,4-5,8H2,1-3H3. The molecule has 0 heterocycles. The minimum absolute atomic E-state index is 0.113. The first-order chi connectivity index (χ1) is 8.60. The molecule has 1 aromatic carbocycles. The number of aryl methyl sites for hydroxylation is 1. The maximum atomic E-state index is 11.9. The van der Waals surface area contributed by atoms with E-state index in [0.717, 1.165) is 12.0 Å². The highest BCUT2D eigenvalue weighted by atomic mass is 16.5. The molecule has 4 nitrogen and oxygen atoms in total. The third kappa shape index (κ3) is 3.74. The molecule has 0 saturated heterocycles. The average Bonchev–Trinajstić information content (AvgIpc) is 2.34. The van der Waals surface area contributed by atoms with Gasteiger partial charge in [0, 0.05) is 5.56 Å². The van der Waals surface area contributed by atoms with Crippen LogP contribution in [0.1, 0.15) is 37.4 Å². The Bertz CT molecular complexity index is 404. The highest BCUT2D eigenvalue weighted by Gasteiger charge is 2.23. The van der Waals surface area contributed by atoms with Gasteiger partial charge < -0.3 is 15.2 Å². The largest absolute Gasteiger partial charge is 0.508 e. The van der Waals surface area contributed by atoms with Crippen LogP contribution in [-0.2, 0) is 9.53 Å². The molecule has 18 heavy (non-hydrogen) atoms. The summed E-state index contributed by atoms with van der Waals surface area (Å²) in [4.78, 5) is 11.9. The molecule has 0 aliphatic heterocycles. The number of phenolic OH excluding ortho intramolecular Hbond substituents is 1. The van der Waals surface area contributed by atoms with Gasteiger partial charge in [-0.1, -0.05) is 24.6 Å². The molecule has 1 rings (SSSR count). The molecule has 0 amide bonds. The number of benzene rings is 1. The summed E-state index contributed by atoms with van der Waals surface area (Å²) >= 11 is 0. The van der Waals surface area contributed by atoms with Crippen molar-refractivity contribution in [2.45, 2.75) is 33.2 Å². The van der Waals surface area contributed by atoms with E-state index in [9.17, 15) is 9.90 Å². The second-order valence-corrected chi connectivity index (χ2v) is 4.20. The van der Waals surface area contributed by atoms with Gasteiger partial charge in [-0.15, -0.1) is 0 Å². The van der Waals surface area contributed by atoms with Gasteiger partial charge in [-0.2, -0.15) is 0 Å². The van der Waals surface area contributed by atoms with Crippen LogP contribution in [0, 0.1) is 6.92 Å². The molecule has 0 aliphatic carbocycles. The fourth-order valence-electron chi connectivity index (χ4n) is 1.74. The minimum Gasteiger partial charge on any atom is -0.508 e. The molecular formula is C14H21NO3. The van der Waals surface area contributed by atoms with E-state index < -0.39 is 6.04 Å². The zero-order chi connectivity index (χ0) is 13.5. The predicted octanol–water partition coefficient (Wildman–Crippen LogP) is 2.30. The Morgan fingerprint density at radius 3 is 2.78 bits per heavy atom. The van der Waals surface area contributed by atoms with Gasteiger partial charge >= 0.3 is 5.97 Å². The number of esters is 1. The van der Waals surface area contributed by atoms with E-state index in [-0.39, 0.29) is 11.7 Å². The van der Waals surface area contributed by atoms with Crippen LogP contribution in [0.3, 0.4) is 0 Å². The second kappa shape index (κ2) is 7.01.